The average Bonchev–Trinajstić information content (AvgIpc) is 2.69. The van der Waals surface area contributed by atoms with Crippen molar-refractivity contribution in [2.45, 2.75) is 0 Å². The molecule has 1 aromatic heterocycles. The van der Waals surface area contributed by atoms with Crippen molar-refractivity contribution < 1.29 is 4.79 Å². The van der Waals surface area contributed by atoms with Gasteiger partial charge in [0.05, 0.1) is 0 Å². The van der Waals surface area contributed by atoms with Crippen LogP contribution in [0, 0.1) is 11.3 Å². The molecule has 0 aliphatic carbocycles. The van der Waals surface area contributed by atoms with E-state index in [9.17, 15) is 10.1 Å². The molecular weight excluding hydrogens is 350 g/mol. The van der Waals surface area contributed by atoms with Gasteiger partial charge in [0.1, 0.15) is 17.5 Å². The van der Waals surface area contributed by atoms with Gasteiger partial charge in [0.15, 0.2) is 0 Å². The Kier molecular flexibility index (Phi) is 5.72. The van der Waals surface area contributed by atoms with Gasteiger partial charge in [-0.25, -0.2) is 4.98 Å². The summed E-state index contributed by atoms with van der Waals surface area (Å²) in [5.41, 5.74) is 0.673. The van der Waals surface area contributed by atoms with Gasteiger partial charge in [-0.15, -0.1) is 0 Å². The van der Waals surface area contributed by atoms with Crippen molar-refractivity contribution in [3.05, 3.63) is 65.5 Å². The Morgan fingerprint density at radius 2 is 1.88 bits per heavy atom. The number of nitrogens with zero attached hydrogens (tertiary/aromatic N) is 4. The zero-order valence-corrected chi connectivity index (χ0v) is 14.9. The lowest BCUT2D eigenvalue weighted by Crippen LogP contribution is -2.44. The summed E-state index contributed by atoms with van der Waals surface area (Å²) in [6.45, 7) is 3.00. The van der Waals surface area contributed by atoms with Gasteiger partial charge < -0.3 is 15.1 Å². The highest BCUT2D eigenvalue weighted by Gasteiger charge is 2.18. The van der Waals surface area contributed by atoms with Crippen LogP contribution in [0.3, 0.4) is 0 Å². The summed E-state index contributed by atoms with van der Waals surface area (Å²) in [5.74, 6) is 0.513. The molecule has 1 saturated heterocycles. The van der Waals surface area contributed by atoms with E-state index in [0.717, 1.165) is 32.0 Å². The van der Waals surface area contributed by atoms with Crippen LogP contribution < -0.4 is 10.2 Å². The molecule has 0 saturated carbocycles. The molecule has 132 valence electrons. The first-order valence-electron chi connectivity index (χ1n) is 8.24. The van der Waals surface area contributed by atoms with Crippen LogP contribution in [0.4, 0.5) is 11.5 Å². The second-order valence-corrected chi connectivity index (χ2v) is 6.26. The van der Waals surface area contributed by atoms with Crippen LogP contribution in [0.1, 0.15) is 0 Å². The number of aromatic nitrogens is 1. The van der Waals surface area contributed by atoms with Crippen LogP contribution in [-0.2, 0) is 4.79 Å². The highest BCUT2D eigenvalue weighted by atomic mass is 35.5. The van der Waals surface area contributed by atoms with E-state index in [1.807, 2.05) is 29.2 Å². The Bertz CT molecular complexity index is 821. The van der Waals surface area contributed by atoms with E-state index in [1.165, 1.54) is 0 Å². The summed E-state index contributed by atoms with van der Waals surface area (Å²) in [7, 11) is 0. The van der Waals surface area contributed by atoms with E-state index in [1.54, 1.807) is 36.7 Å². The summed E-state index contributed by atoms with van der Waals surface area (Å²) in [4.78, 5) is 20.8. The molecule has 1 aliphatic rings. The van der Waals surface area contributed by atoms with Crippen molar-refractivity contribution in [2.75, 3.05) is 36.4 Å². The third-order valence-corrected chi connectivity index (χ3v) is 4.32. The molecule has 0 spiro atoms. The number of benzene rings is 1. The molecule has 2 aromatic rings. The number of halogens is 1. The first kappa shape index (κ1) is 17.8. The smallest absolute Gasteiger partial charge is 0.267 e. The molecule has 1 amide bonds. The number of nitriles is 1. The number of carbonyl (C=O) groups excluding carboxylic acids is 1. The van der Waals surface area contributed by atoms with Crippen LogP contribution in [-0.4, -0.2) is 42.0 Å². The standard InChI is InChI=1S/C19H18ClN5O/c20-16-4-6-17(7-5-16)23-19(26)15(13-21)14-24-9-11-25(12-10-24)18-3-1-2-8-22-18/h1-8,14H,9-12H2,(H,23,26)/b15-14-. The second-order valence-electron chi connectivity index (χ2n) is 5.83. The van der Waals surface area contributed by atoms with Gasteiger partial charge in [-0.3, -0.25) is 4.79 Å². The van der Waals surface area contributed by atoms with Gasteiger partial charge in [-0.05, 0) is 36.4 Å². The van der Waals surface area contributed by atoms with Crippen molar-refractivity contribution >= 4 is 29.0 Å². The molecule has 1 aliphatic heterocycles. The molecule has 3 rings (SSSR count). The number of amides is 1. The number of nitrogens with one attached hydrogen (secondary N) is 1. The third kappa shape index (κ3) is 4.52. The second kappa shape index (κ2) is 8.37. The summed E-state index contributed by atoms with van der Waals surface area (Å²) in [5, 5.41) is 12.6. The lowest BCUT2D eigenvalue weighted by molar-refractivity contribution is -0.112. The molecule has 1 N–H and O–H groups in total. The molecule has 2 heterocycles. The minimum absolute atomic E-state index is 0.0752. The molecule has 0 radical (unpaired) electrons. The quantitative estimate of drug-likeness (QED) is 0.664. The van der Waals surface area contributed by atoms with Gasteiger partial charge in [0, 0.05) is 49.3 Å². The van der Waals surface area contributed by atoms with Crippen LogP contribution in [0.15, 0.2) is 60.4 Å². The fraction of sp³-hybridized carbons (Fsp3) is 0.211. The molecule has 0 unspecified atom stereocenters. The molecular formula is C19H18ClN5O. The van der Waals surface area contributed by atoms with Crippen molar-refractivity contribution in [2.24, 2.45) is 0 Å². The Morgan fingerprint density at radius 1 is 1.15 bits per heavy atom. The number of anilines is 2. The zero-order valence-electron chi connectivity index (χ0n) is 14.1. The number of hydrogen-bond acceptors (Lipinski definition) is 5. The number of piperazine rings is 1. The molecule has 0 bridgehead atoms. The highest BCUT2D eigenvalue weighted by Crippen LogP contribution is 2.16. The largest absolute Gasteiger partial charge is 0.373 e. The van der Waals surface area contributed by atoms with Crippen molar-refractivity contribution in [3.8, 4) is 6.07 Å². The first-order valence-corrected chi connectivity index (χ1v) is 8.62. The monoisotopic (exact) mass is 367 g/mol. The van der Waals surface area contributed by atoms with Crippen LogP contribution in [0.25, 0.3) is 0 Å². The number of pyridine rings is 1. The van der Waals surface area contributed by atoms with E-state index < -0.39 is 5.91 Å². The summed E-state index contributed by atoms with van der Waals surface area (Å²) < 4.78 is 0. The maximum absolute atomic E-state index is 12.3. The zero-order chi connectivity index (χ0) is 18.4. The number of hydrogen-bond donors (Lipinski definition) is 1. The molecule has 7 heteroatoms. The van der Waals surface area contributed by atoms with Crippen LogP contribution >= 0.6 is 11.6 Å². The Morgan fingerprint density at radius 3 is 2.50 bits per heavy atom. The van der Waals surface area contributed by atoms with Gasteiger partial charge in [-0.2, -0.15) is 5.26 Å². The van der Waals surface area contributed by atoms with E-state index in [4.69, 9.17) is 11.6 Å². The van der Waals surface area contributed by atoms with Crippen molar-refractivity contribution in [3.63, 3.8) is 0 Å². The fourth-order valence-corrected chi connectivity index (χ4v) is 2.80. The van der Waals surface area contributed by atoms with Gasteiger partial charge in [0.25, 0.3) is 5.91 Å². The van der Waals surface area contributed by atoms with Crippen LogP contribution in [0.5, 0.6) is 0 Å². The third-order valence-electron chi connectivity index (χ3n) is 4.07. The number of rotatable bonds is 4. The van der Waals surface area contributed by atoms with E-state index in [2.05, 4.69) is 15.2 Å². The van der Waals surface area contributed by atoms with Crippen molar-refractivity contribution in [1.29, 1.82) is 5.26 Å². The van der Waals surface area contributed by atoms with Gasteiger partial charge >= 0.3 is 0 Å². The molecule has 26 heavy (non-hydrogen) atoms. The maximum atomic E-state index is 12.3. The van der Waals surface area contributed by atoms with Gasteiger partial charge in [-0.1, -0.05) is 17.7 Å². The van der Waals surface area contributed by atoms with Crippen LogP contribution in [0.2, 0.25) is 5.02 Å². The predicted molar refractivity (Wildman–Crippen MR) is 102 cm³/mol. The molecule has 0 atom stereocenters. The number of carbonyl (C=O) groups is 1. The summed E-state index contributed by atoms with van der Waals surface area (Å²) in [6, 6.07) is 14.6. The van der Waals surface area contributed by atoms with E-state index >= 15 is 0 Å². The predicted octanol–water partition coefficient (Wildman–Crippen LogP) is 2.90. The minimum Gasteiger partial charge on any atom is -0.373 e. The van der Waals surface area contributed by atoms with E-state index in [-0.39, 0.29) is 5.57 Å². The summed E-state index contributed by atoms with van der Waals surface area (Å²) in [6.07, 6.45) is 3.40. The molecule has 1 aromatic carbocycles. The average molecular weight is 368 g/mol. The molecule has 6 nitrogen and oxygen atoms in total. The Labute approximate surface area is 157 Å². The van der Waals surface area contributed by atoms with E-state index in [0.29, 0.717) is 10.7 Å². The minimum atomic E-state index is -0.429. The summed E-state index contributed by atoms with van der Waals surface area (Å²) >= 11 is 5.83. The van der Waals surface area contributed by atoms with Gasteiger partial charge in [0.2, 0.25) is 0 Å². The Hall–Kier alpha value is -3.04. The SMILES string of the molecule is N#C/C(=C/N1CCN(c2ccccn2)CC1)C(=O)Nc1ccc(Cl)cc1. The topological polar surface area (TPSA) is 72.3 Å². The molecule has 1 fully saturated rings. The first-order chi connectivity index (χ1) is 12.7. The Balaban J connectivity index is 1.60. The lowest BCUT2D eigenvalue weighted by Gasteiger charge is -2.34. The normalized spacial score (nSPS) is 14.7. The highest BCUT2D eigenvalue weighted by molar-refractivity contribution is 6.30. The van der Waals surface area contributed by atoms with Crippen molar-refractivity contribution in [1.82, 2.24) is 9.88 Å². The lowest BCUT2D eigenvalue weighted by atomic mass is 10.2. The maximum Gasteiger partial charge on any atom is 0.267 e. The fourth-order valence-electron chi connectivity index (χ4n) is 2.67.